The van der Waals surface area contributed by atoms with Gasteiger partial charge in [-0.05, 0) is 12.5 Å². The summed E-state index contributed by atoms with van der Waals surface area (Å²) in [6.07, 6.45) is 0.525. The van der Waals surface area contributed by atoms with Crippen LogP contribution in [-0.4, -0.2) is 23.2 Å². The van der Waals surface area contributed by atoms with Crippen molar-refractivity contribution < 1.29 is 19.4 Å². The average Bonchev–Trinajstić information content (AvgIpc) is 2.53. The van der Waals surface area contributed by atoms with Crippen LogP contribution in [0.4, 0.5) is 0 Å². The number of carbonyl (C=O) groups is 2. The number of rotatable bonds is 3. The Morgan fingerprint density at radius 3 is 3.00 bits per heavy atom. The van der Waals surface area contributed by atoms with Crippen molar-refractivity contribution in [3.05, 3.63) is 29.3 Å². The van der Waals surface area contributed by atoms with Gasteiger partial charge in [-0.1, -0.05) is 28.1 Å². The molecule has 0 aliphatic heterocycles. The zero-order valence-electron chi connectivity index (χ0n) is 8.23. The van der Waals surface area contributed by atoms with E-state index in [0.29, 0.717) is 17.7 Å². The first-order valence-corrected chi connectivity index (χ1v) is 5.64. The van der Waals surface area contributed by atoms with Crippen molar-refractivity contribution in [1.29, 1.82) is 0 Å². The molecule has 1 atom stereocenters. The van der Waals surface area contributed by atoms with Crippen LogP contribution in [0.1, 0.15) is 15.9 Å². The van der Waals surface area contributed by atoms with Gasteiger partial charge in [-0.3, -0.25) is 4.79 Å². The fourth-order valence-corrected chi connectivity index (χ4v) is 2.29. The third-order valence-electron chi connectivity index (χ3n) is 2.41. The minimum Gasteiger partial charge on any atom is -0.546 e. The third-order valence-corrected chi connectivity index (χ3v) is 3.15. The highest BCUT2D eigenvalue weighted by Crippen LogP contribution is 2.33. The Hall–Kier alpha value is -1.36. The van der Waals surface area contributed by atoms with Gasteiger partial charge in [0.15, 0.2) is 5.78 Å². The van der Waals surface area contributed by atoms with Crippen LogP contribution in [0.3, 0.4) is 0 Å². The first-order chi connectivity index (χ1) is 7.59. The second-order valence-corrected chi connectivity index (χ2v) is 4.58. The van der Waals surface area contributed by atoms with Crippen LogP contribution >= 0.6 is 15.9 Å². The zero-order chi connectivity index (χ0) is 11.7. The van der Waals surface area contributed by atoms with Gasteiger partial charge in [0, 0.05) is 11.1 Å². The summed E-state index contributed by atoms with van der Waals surface area (Å²) in [5.74, 6) is -0.830. The molecule has 0 spiro atoms. The maximum absolute atomic E-state index is 11.7. The normalized spacial score (nSPS) is 18.3. The molecule has 0 N–H and O–H groups in total. The number of carbonyl (C=O) groups excluding carboxylic acids is 2. The Morgan fingerprint density at radius 1 is 1.56 bits per heavy atom. The largest absolute Gasteiger partial charge is 0.546 e. The number of carboxylic acids is 1. The average molecular weight is 284 g/mol. The Labute approximate surface area is 100 Å². The van der Waals surface area contributed by atoms with Crippen LogP contribution in [0.15, 0.2) is 18.2 Å². The maximum atomic E-state index is 11.7. The van der Waals surface area contributed by atoms with Crippen LogP contribution in [0.5, 0.6) is 5.75 Å². The molecule has 1 aliphatic rings. The van der Waals surface area contributed by atoms with Crippen molar-refractivity contribution in [2.75, 3.05) is 6.61 Å². The highest BCUT2D eigenvalue weighted by atomic mass is 79.9. The predicted molar refractivity (Wildman–Crippen MR) is 57.7 cm³/mol. The highest BCUT2D eigenvalue weighted by Gasteiger charge is 2.30. The number of hydrogen-bond acceptors (Lipinski definition) is 4. The van der Waals surface area contributed by atoms with Gasteiger partial charge in [0.2, 0.25) is 0 Å². The van der Waals surface area contributed by atoms with E-state index in [9.17, 15) is 14.7 Å². The molecule has 0 amide bonds. The molecule has 0 saturated carbocycles. The number of ether oxygens (including phenoxy) is 1. The lowest BCUT2D eigenvalue weighted by molar-refractivity contribution is -0.307. The second kappa shape index (κ2) is 4.25. The molecule has 1 unspecified atom stereocenters. The fraction of sp³-hybridized carbons (Fsp3) is 0.273. The SMILES string of the molecule is O=C([O-])COc1cccc2c1CC(Br)C2=O. The first kappa shape index (κ1) is 11.1. The first-order valence-electron chi connectivity index (χ1n) is 4.72. The predicted octanol–water partition coefficient (Wildman–Crippen LogP) is 0.318. The summed E-state index contributed by atoms with van der Waals surface area (Å²) < 4.78 is 5.07. The maximum Gasteiger partial charge on any atom is 0.177 e. The van der Waals surface area contributed by atoms with Gasteiger partial charge in [-0.2, -0.15) is 0 Å². The number of carboxylic acid groups (broad SMARTS) is 1. The minimum absolute atomic E-state index is 0.00824. The van der Waals surface area contributed by atoms with Crippen molar-refractivity contribution in [3.8, 4) is 5.75 Å². The quantitative estimate of drug-likeness (QED) is 0.750. The molecule has 0 bridgehead atoms. The van der Waals surface area contributed by atoms with Crippen molar-refractivity contribution in [2.45, 2.75) is 11.2 Å². The van der Waals surface area contributed by atoms with E-state index in [2.05, 4.69) is 15.9 Å². The molecule has 84 valence electrons. The molecule has 16 heavy (non-hydrogen) atoms. The van der Waals surface area contributed by atoms with Crippen molar-refractivity contribution in [1.82, 2.24) is 0 Å². The minimum atomic E-state index is -1.28. The van der Waals surface area contributed by atoms with E-state index in [-0.39, 0.29) is 10.6 Å². The Bertz CT molecular complexity index is 455. The van der Waals surface area contributed by atoms with Crippen molar-refractivity contribution in [2.24, 2.45) is 0 Å². The number of halogens is 1. The van der Waals surface area contributed by atoms with Crippen molar-refractivity contribution >= 4 is 27.7 Å². The fourth-order valence-electron chi connectivity index (χ4n) is 1.72. The van der Waals surface area contributed by atoms with Crippen LogP contribution in [-0.2, 0) is 11.2 Å². The number of benzene rings is 1. The summed E-state index contributed by atoms with van der Waals surface area (Å²) in [6, 6.07) is 5.04. The van der Waals surface area contributed by atoms with E-state index in [0.717, 1.165) is 5.56 Å². The lowest BCUT2D eigenvalue weighted by atomic mass is 10.1. The molecule has 5 heteroatoms. The Balaban J connectivity index is 2.29. The summed E-state index contributed by atoms with van der Waals surface area (Å²) in [7, 11) is 0. The summed E-state index contributed by atoms with van der Waals surface area (Å²) in [4.78, 5) is 21.7. The standard InChI is InChI=1S/C11H9BrO4/c12-8-4-7-6(11(8)15)2-1-3-9(7)16-5-10(13)14/h1-3,8H,4-5H2,(H,13,14)/p-1. The van der Waals surface area contributed by atoms with Gasteiger partial charge >= 0.3 is 0 Å². The highest BCUT2D eigenvalue weighted by molar-refractivity contribution is 9.10. The van der Waals surface area contributed by atoms with Gasteiger partial charge in [0.05, 0.1) is 10.8 Å². The lowest BCUT2D eigenvalue weighted by Crippen LogP contribution is -2.29. The van der Waals surface area contributed by atoms with E-state index >= 15 is 0 Å². The number of Topliss-reactive ketones (excluding diaryl/α,β-unsaturated/α-hetero) is 1. The van der Waals surface area contributed by atoms with Crippen molar-refractivity contribution in [3.63, 3.8) is 0 Å². The summed E-state index contributed by atoms with van der Waals surface area (Å²) in [5.41, 5.74) is 1.35. The number of fused-ring (bicyclic) bond motifs is 1. The van der Waals surface area contributed by atoms with Crippen LogP contribution in [0.25, 0.3) is 0 Å². The molecular weight excluding hydrogens is 276 g/mol. The van der Waals surface area contributed by atoms with Gasteiger partial charge in [0.1, 0.15) is 12.4 Å². The van der Waals surface area contributed by atoms with Gasteiger partial charge in [0.25, 0.3) is 0 Å². The van der Waals surface area contributed by atoms with Gasteiger partial charge in [-0.15, -0.1) is 0 Å². The van der Waals surface area contributed by atoms with Crippen LogP contribution in [0.2, 0.25) is 0 Å². The van der Waals surface area contributed by atoms with E-state index in [1.165, 1.54) is 0 Å². The zero-order valence-corrected chi connectivity index (χ0v) is 9.82. The molecule has 4 nitrogen and oxygen atoms in total. The molecule has 0 radical (unpaired) electrons. The monoisotopic (exact) mass is 283 g/mol. The molecule has 2 rings (SSSR count). The van der Waals surface area contributed by atoms with E-state index in [1.54, 1.807) is 18.2 Å². The molecular formula is C11H8BrO4-. The second-order valence-electron chi connectivity index (χ2n) is 3.48. The number of ketones is 1. The summed E-state index contributed by atoms with van der Waals surface area (Å²) >= 11 is 3.26. The Kier molecular flexibility index (Phi) is 2.96. The molecule has 0 aromatic heterocycles. The molecule has 0 saturated heterocycles. The molecule has 1 aromatic carbocycles. The lowest BCUT2D eigenvalue weighted by Gasteiger charge is -2.10. The third kappa shape index (κ3) is 1.95. The number of aliphatic carboxylic acids is 1. The number of alkyl halides is 1. The van der Waals surface area contributed by atoms with Crippen LogP contribution < -0.4 is 9.84 Å². The topological polar surface area (TPSA) is 66.4 Å². The van der Waals surface area contributed by atoms with E-state index in [1.807, 2.05) is 0 Å². The van der Waals surface area contributed by atoms with E-state index in [4.69, 9.17) is 4.74 Å². The van der Waals surface area contributed by atoms with E-state index < -0.39 is 12.6 Å². The molecule has 0 fully saturated rings. The number of hydrogen-bond donors (Lipinski definition) is 0. The summed E-state index contributed by atoms with van der Waals surface area (Å²) in [5, 5.41) is 10.3. The molecule has 0 heterocycles. The molecule has 1 aliphatic carbocycles. The van der Waals surface area contributed by atoms with Crippen LogP contribution in [0, 0.1) is 0 Å². The Morgan fingerprint density at radius 2 is 2.31 bits per heavy atom. The van der Waals surface area contributed by atoms with Gasteiger partial charge in [-0.25, -0.2) is 0 Å². The smallest absolute Gasteiger partial charge is 0.177 e. The summed E-state index contributed by atoms with van der Waals surface area (Å²) in [6.45, 7) is -0.502. The van der Waals surface area contributed by atoms with Gasteiger partial charge < -0.3 is 14.6 Å². The molecule has 1 aromatic rings.